The molecule has 0 aliphatic heterocycles. The van der Waals surface area contributed by atoms with E-state index in [-0.39, 0.29) is 0 Å². The molecular formula is C33H24N6. The van der Waals surface area contributed by atoms with Crippen LogP contribution in [-0.2, 0) is 0 Å². The Balaban J connectivity index is 1.40. The van der Waals surface area contributed by atoms with Crippen LogP contribution in [0.5, 0.6) is 0 Å². The molecule has 0 bridgehead atoms. The van der Waals surface area contributed by atoms with E-state index in [1.54, 1.807) is 12.4 Å². The third-order valence-electron chi connectivity index (χ3n) is 6.26. The Kier molecular flexibility index (Phi) is 6.65. The highest BCUT2D eigenvalue weighted by molar-refractivity contribution is 6.14. The molecule has 2 N–H and O–H groups in total. The van der Waals surface area contributed by atoms with Crippen molar-refractivity contribution in [2.45, 2.75) is 0 Å². The Morgan fingerprint density at radius 1 is 0.538 bits per heavy atom. The molecule has 6 nitrogen and oxygen atoms in total. The zero-order chi connectivity index (χ0) is 26.4. The zero-order valence-electron chi connectivity index (χ0n) is 21.0. The average molecular weight is 505 g/mol. The van der Waals surface area contributed by atoms with Gasteiger partial charge in [-0.3, -0.25) is 10.4 Å². The summed E-state index contributed by atoms with van der Waals surface area (Å²) in [5.41, 5.74) is 6.35. The molecule has 0 aliphatic carbocycles. The average Bonchev–Trinajstić information content (AvgIpc) is 3.02. The number of hydrogen-bond acceptors (Lipinski definition) is 6. The van der Waals surface area contributed by atoms with Crippen LogP contribution in [0.25, 0.3) is 34.2 Å². The summed E-state index contributed by atoms with van der Waals surface area (Å²) in [5.74, 6) is 1.76. The number of nitrogens with zero attached hydrogens (tertiary/aromatic N) is 4. The predicted octanol–water partition coefficient (Wildman–Crippen LogP) is 7.43. The van der Waals surface area contributed by atoms with Crippen LogP contribution in [0.3, 0.4) is 0 Å². The van der Waals surface area contributed by atoms with Gasteiger partial charge in [-0.1, -0.05) is 97.1 Å². The lowest BCUT2D eigenvalue weighted by Crippen LogP contribution is -2.06. The van der Waals surface area contributed by atoms with Crippen molar-refractivity contribution < 1.29 is 0 Å². The van der Waals surface area contributed by atoms with Gasteiger partial charge >= 0.3 is 0 Å². The Morgan fingerprint density at radius 2 is 1.08 bits per heavy atom. The number of nitrogens with one attached hydrogen (secondary N) is 2. The summed E-state index contributed by atoms with van der Waals surface area (Å²) in [6, 6.07) is 39.2. The highest BCUT2D eigenvalue weighted by Crippen LogP contribution is 2.27. The molecule has 186 valence electrons. The van der Waals surface area contributed by atoms with E-state index in [0.29, 0.717) is 23.2 Å². The Bertz CT molecular complexity index is 1680. The molecule has 6 rings (SSSR count). The van der Waals surface area contributed by atoms with Gasteiger partial charge in [0.25, 0.3) is 0 Å². The van der Waals surface area contributed by atoms with Crippen LogP contribution < -0.4 is 5.32 Å². The molecule has 0 saturated carbocycles. The van der Waals surface area contributed by atoms with Crippen LogP contribution in [0, 0.1) is 5.41 Å². The van der Waals surface area contributed by atoms with E-state index >= 15 is 0 Å². The van der Waals surface area contributed by atoms with Gasteiger partial charge in [-0.15, -0.1) is 0 Å². The first-order valence-electron chi connectivity index (χ1n) is 12.6. The highest BCUT2D eigenvalue weighted by atomic mass is 15.0. The second kappa shape index (κ2) is 10.9. The maximum atomic E-state index is 9.08. The van der Waals surface area contributed by atoms with Gasteiger partial charge in [0.1, 0.15) is 0 Å². The van der Waals surface area contributed by atoms with Gasteiger partial charge < -0.3 is 5.32 Å². The molecule has 0 unspecified atom stereocenters. The van der Waals surface area contributed by atoms with Crippen molar-refractivity contribution >= 4 is 17.1 Å². The molecule has 0 fully saturated rings. The fourth-order valence-electron chi connectivity index (χ4n) is 4.31. The number of aromatic nitrogens is 4. The quantitative estimate of drug-likeness (QED) is 0.221. The van der Waals surface area contributed by atoms with Crippen LogP contribution in [0.15, 0.2) is 134 Å². The van der Waals surface area contributed by atoms with Crippen molar-refractivity contribution in [2.75, 3.05) is 5.32 Å². The van der Waals surface area contributed by atoms with E-state index < -0.39 is 0 Å². The van der Waals surface area contributed by atoms with E-state index in [9.17, 15) is 0 Å². The molecule has 2 aromatic heterocycles. The van der Waals surface area contributed by atoms with Gasteiger partial charge in [0.2, 0.25) is 0 Å². The predicted molar refractivity (Wildman–Crippen MR) is 156 cm³/mol. The van der Waals surface area contributed by atoms with Crippen LogP contribution >= 0.6 is 0 Å². The number of anilines is 2. The minimum atomic E-state index is 0.398. The molecule has 0 atom stereocenters. The maximum absolute atomic E-state index is 9.08. The van der Waals surface area contributed by atoms with E-state index in [0.717, 1.165) is 39.2 Å². The second-order valence-electron chi connectivity index (χ2n) is 8.90. The molecule has 2 heterocycles. The van der Waals surface area contributed by atoms with E-state index in [4.69, 9.17) is 20.4 Å². The molecule has 0 spiro atoms. The molecule has 0 aliphatic rings. The normalized spacial score (nSPS) is 10.7. The first-order valence-corrected chi connectivity index (χ1v) is 12.6. The van der Waals surface area contributed by atoms with Crippen molar-refractivity contribution in [3.63, 3.8) is 0 Å². The van der Waals surface area contributed by atoms with Crippen molar-refractivity contribution in [3.8, 4) is 34.2 Å². The van der Waals surface area contributed by atoms with Crippen molar-refractivity contribution in [1.29, 1.82) is 5.41 Å². The third-order valence-corrected chi connectivity index (χ3v) is 6.26. The Hall–Kier alpha value is -5.49. The first kappa shape index (κ1) is 23.9. The largest absolute Gasteiger partial charge is 0.355 e. The van der Waals surface area contributed by atoms with Crippen molar-refractivity contribution in [3.05, 3.63) is 145 Å². The number of benzene rings is 4. The lowest BCUT2D eigenvalue weighted by molar-refractivity contribution is 1.07. The molecule has 6 aromatic rings. The zero-order valence-corrected chi connectivity index (χ0v) is 21.0. The van der Waals surface area contributed by atoms with Gasteiger partial charge in [0.05, 0.1) is 5.71 Å². The highest BCUT2D eigenvalue weighted by Gasteiger charge is 2.15. The fourth-order valence-corrected chi connectivity index (χ4v) is 4.31. The number of rotatable bonds is 7. The van der Waals surface area contributed by atoms with Gasteiger partial charge in [-0.2, -0.15) is 0 Å². The van der Waals surface area contributed by atoms with Gasteiger partial charge in [0.15, 0.2) is 17.5 Å². The summed E-state index contributed by atoms with van der Waals surface area (Å²) in [5, 5.41) is 12.5. The monoisotopic (exact) mass is 504 g/mol. The standard InChI is InChI=1S/C33H24N6/c34-30(28-16-7-8-17-29(28)36-27-18-20-35-21-19-27)25-14-9-15-26(22-25)33-38-31(23-10-3-1-4-11-23)37-32(39-33)24-12-5-2-6-13-24/h1-22,34H,(H,35,36). The maximum Gasteiger partial charge on any atom is 0.164 e. The third kappa shape index (κ3) is 5.31. The SMILES string of the molecule is N=C(c1cccc(-c2nc(-c3ccccc3)nc(-c3ccccc3)n2)c1)c1ccccc1Nc1ccncc1. The molecule has 0 amide bonds. The Morgan fingerprint density at radius 3 is 1.72 bits per heavy atom. The summed E-state index contributed by atoms with van der Waals surface area (Å²) >= 11 is 0. The van der Waals surface area contributed by atoms with E-state index in [2.05, 4.69) is 10.3 Å². The second-order valence-corrected chi connectivity index (χ2v) is 8.90. The van der Waals surface area contributed by atoms with E-state index in [1.165, 1.54) is 0 Å². The molecule has 39 heavy (non-hydrogen) atoms. The van der Waals surface area contributed by atoms with Crippen LogP contribution in [0.1, 0.15) is 11.1 Å². The van der Waals surface area contributed by atoms with Gasteiger partial charge in [-0.05, 0) is 24.3 Å². The molecule has 0 saturated heterocycles. The molecule has 4 aromatic carbocycles. The summed E-state index contributed by atoms with van der Waals surface area (Å²) in [4.78, 5) is 18.5. The van der Waals surface area contributed by atoms with Gasteiger partial charge in [0, 0.05) is 51.6 Å². The van der Waals surface area contributed by atoms with E-state index in [1.807, 2.05) is 121 Å². The fraction of sp³-hybridized carbons (Fsp3) is 0. The lowest BCUT2D eigenvalue weighted by atomic mass is 9.98. The Labute approximate surface area is 226 Å². The van der Waals surface area contributed by atoms with Crippen LogP contribution in [0.4, 0.5) is 11.4 Å². The molecule has 0 radical (unpaired) electrons. The van der Waals surface area contributed by atoms with Crippen molar-refractivity contribution in [1.82, 2.24) is 19.9 Å². The van der Waals surface area contributed by atoms with Crippen molar-refractivity contribution in [2.24, 2.45) is 0 Å². The number of hydrogen-bond donors (Lipinski definition) is 2. The van der Waals surface area contributed by atoms with Gasteiger partial charge in [-0.25, -0.2) is 15.0 Å². The summed E-state index contributed by atoms with van der Waals surface area (Å²) in [6.45, 7) is 0. The summed E-state index contributed by atoms with van der Waals surface area (Å²) < 4.78 is 0. The summed E-state index contributed by atoms with van der Waals surface area (Å²) in [6.07, 6.45) is 3.48. The summed E-state index contributed by atoms with van der Waals surface area (Å²) in [7, 11) is 0. The smallest absolute Gasteiger partial charge is 0.164 e. The minimum absolute atomic E-state index is 0.398. The number of para-hydroxylation sites is 1. The minimum Gasteiger partial charge on any atom is -0.355 e. The number of pyridine rings is 1. The topological polar surface area (TPSA) is 87.4 Å². The molecule has 6 heteroatoms. The lowest BCUT2D eigenvalue weighted by Gasteiger charge is -2.14. The molecular weight excluding hydrogens is 480 g/mol. The van der Waals surface area contributed by atoms with Crippen LogP contribution in [-0.4, -0.2) is 25.6 Å². The first-order chi connectivity index (χ1) is 19.2. The van der Waals surface area contributed by atoms with Crippen LogP contribution in [0.2, 0.25) is 0 Å².